The molecule has 2 saturated heterocycles. The minimum absolute atomic E-state index is 0.117. The van der Waals surface area contributed by atoms with Gasteiger partial charge in [0.05, 0.1) is 17.7 Å². The Morgan fingerprint density at radius 2 is 1.66 bits per heavy atom. The second-order valence-corrected chi connectivity index (χ2v) is 14.6. The van der Waals surface area contributed by atoms with Gasteiger partial charge in [-0.15, -0.1) is 0 Å². The van der Waals surface area contributed by atoms with Crippen molar-refractivity contribution >= 4 is 5.91 Å². The van der Waals surface area contributed by atoms with Crippen molar-refractivity contribution < 1.29 is 39.8 Å². The van der Waals surface area contributed by atoms with Crippen molar-refractivity contribution in [3.63, 3.8) is 0 Å². The molecule has 1 amide bonds. The van der Waals surface area contributed by atoms with Gasteiger partial charge in [0.2, 0.25) is 11.7 Å². The van der Waals surface area contributed by atoms with E-state index in [2.05, 4.69) is 29.6 Å². The average Bonchev–Trinajstić information content (AvgIpc) is 3.41. The van der Waals surface area contributed by atoms with Gasteiger partial charge < -0.3 is 45.2 Å². The van der Waals surface area contributed by atoms with E-state index in [4.69, 9.17) is 9.47 Å². The van der Waals surface area contributed by atoms with Crippen LogP contribution in [0.2, 0.25) is 0 Å². The number of hydrogen-bond donors (Lipinski definition) is 6. The fourth-order valence-electron chi connectivity index (χ4n) is 6.43. The number of benzene rings is 2. The van der Waals surface area contributed by atoms with Crippen molar-refractivity contribution in [3.8, 4) is 0 Å². The summed E-state index contributed by atoms with van der Waals surface area (Å²) in [7, 11) is 5.68. The van der Waals surface area contributed by atoms with E-state index in [1.165, 1.54) is 13.8 Å². The molecule has 2 aromatic rings. The summed E-state index contributed by atoms with van der Waals surface area (Å²) in [4.78, 5) is 16.5. The van der Waals surface area contributed by atoms with E-state index in [0.717, 1.165) is 41.6 Å². The first-order valence-electron chi connectivity index (χ1n) is 16.5. The van der Waals surface area contributed by atoms with Crippen LogP contribution in [0.3, 0.4) is 0 Å². The van der Waals surface area contributed by atoms with Crippen LogP contribution >= 0.6 is 0 Å². The molecule has 1 unspecified atom stereocenters. The maximum atomic E-state index is 12.8. The molecule has 11 nitrogen and oxygen atoms in total. The van der Waals surface area contributed by atoms with E-state index in [1.807, 2.05) is 51.9 Å². The topological polar surface area (TPSA) is 155 Å². The van der Waals surface area contributed by atoms with Crippen LogP contribution in [-0.2, 0) is 32.9 Å². The lowest BCUT2D eigenvalue weighted by Crippen LogP contribution is -2.70. The highest BCUT2D eigenvalue weighted by atomic mass is 16.8. The van der Waals surface area contributed by atoms with E-state index in [0.29, 0.717) is 24.9 Å². The molecular formula is C36H55N3O8. The van der Waals surface area contributed by atoms with Gasteiger partial charge in [-0.1, -0.05) is 36.4 Å². The second kappa shape index (κ2) is 14.2. The lowest BCUT2D eigenvalue weighted by Gasteiger charge is -2.50. The molecule has 2 aromatic carbocycles. The Morgan fingerprint density at radius 3 is 2.28 bits per heavy atom. The minimum Gasteiger partial charge on any atom is -0.387 e. The lowest BCUT2D eigenvalue weighted by atomic mass is 9.75. The van der Waals surface area contributed by atoms with Gasteiger partial charge in [0.25, 0.3) is 0 Å². The third kappa shape index (κ3) is 7.44. The molecule has 6 atom stereocenters. The molecule has 4 rings (SSSR count). The largest absolute Gasteiger partial charge is 0.387 e. The third-order valence-electron chi connectivity index (χ3n) is 10.2. The molecule has 2 heterocycles. The molecule has 2 aliphatic rings. The Bertz CT molecular complexity index is 1380. The number of carbonyl (C=O) groups excluding carboxylic acids is 1. The zero-order valence-corrected chi connectivity index (χ0v) is 29.2. The number of nitrogens with zero attached hydrogens (tertiary/aromatic N) is 2. The molecule has 0 spiro atoms. The van der Waals surface area contributed by atoms with Crippen LogP contribution in [0.5, 0.6) is 0 Å². The number of likely N-dealkylation sites (N-methyl/N-ethyl adjacent to an activating group) is 2. The molecule has 0 aromatic heterocycles. The van der Waals surface area contributed by atoms with Crippen LogP contribution in [0.1, 0.15) is 68.4 Å². The smallest absolute Gasteiger partial charge is 0.240 e. The van der Waals surface area contributed by atoms with Gasteiger partial charge in [-0.05, 0) is 110 Å². The minimum atomic E-state index is -1.74. The van der Waals surface area contributed by atoms with Crippen molar-refractivity contribution in [1.29, 1.82) is 0 Å². The van der Waals surface area contributed by atoms with Crippen molar-refractivity contribution in [3.05, 3.63) is 70.3 Å². The summed E-state index contributed by atoms with van der Waals surface area (Å²) in [6.07, 6.45) is -2.80. The molecule has 2 fully saturated rings. The highest BCUT2D eigenvalue weighted by Crippen LogP contribution is 2.53. The number of aliphatic hydroxyl groups is 5. The third-order valence-corrected chi connectivity index (χ3v) is 10.2. The van der Waals surface area contributed by atoms with E-state index in [-0.39, 0.29) is 12.5 Å². The number of aryl methyl sites for hydroxylation is 2. The summed E-state index contributed by atoms with van der Waals surface area (Å²) in [5, 5.41) is 57.3. The van der Waals surface area contributed by atoms with Crippen LogP contribution in [0.4, 0.5) is 0 Å². The van der Waals surface area contributed by atoms with Gasteiger partial charge in [-0.25, -0.2) is 0 Å². The average molecular weight is 658 g/mol. The Morgan fingerprint density at radius 1 is 1.02 bits per heavy atom. The number of hydrogen-bond acceptors (Lipinski definition) is 10. The molecule has 0 radical (unpaired) electrons. The first-order chi connectivity index (χ1) is 21.9. The standard InChI is InChI=1S/C36H55N3O8/c1-23-12-17-27(36-31(43)29(41)30(42)35(47-36,22-46-36)34(4,5)45)21-26(23)20-25-15-13-24(14-16-25)10-9-11-28(40)39(8)33(2,3)32(44)37-18-19-38(6)7/h12-17,21,28-31,40-43,45H,9-11,18-20,22H2,1-8H3,(H,37,44)/t28?,29-,30-,31+,35-,36-/m0/s1. The molecule has 2 bridgehead atoms. The quantitative estimate of drug-likeness (QED) is 0.164. The van der Waals surface area contributed by atoms with Crippen LogP contribution in [-0.4, -0.2) is 123 Å². The highest BCUT2D eigenvalue weighted by Gasteiger charge is 2.71. The highest BCUT2D eigenvalue weighted by molar-refractivity contribution is 5.85. The van der Waals surface area contributed by atoms with Crippen LogP contribution in [0, 0.1) is 6.92 Å². The molecule has 262 valence electrons. The van der Waals surface area contributed by atoms with Gasteiger partial charge in [0, 0.05) is 18.7 Å². The molecule has 0 aliphatic carbocycles. The number of rotatable bonds is 14. The fourth-order valence-corrected chi connectivity index (χ4v) is 6.43. The maximum absolute atomic E-state index is 12.8. The van der Waals surface area contributed by atoms with E-state index < -0.39 is 47.1 Å². The molecule has 2 aliphatic heterocycles. The Balaban J connectivity index is 1.38. The molecule has 0 saturated carbocycles. The van der Waals surface area contributed by atoms with Gasteiger partial charge in [0.15, 0.2) is 5.60 Å². The number of ether oxygens (including phenoxy) is 2. The van der Waals surface area contributed by atoms with E-state index in [1.54, 1.807) is 18.0 Å². The summed E-state index contributed by atoms with van der Waals surface area (Å²) >= 11 is 0. The van der Waals surface area contributed by atoms with Gasteiger partial charge >= 0.3 is 0 Å². The predicted molar refractivity (Wildman–Crippen MR) is 179 cm³/mol. The molecule has 6 N–H and O–H groups in total. The van der Waals surface area contributed by atoms with Crippen molar-refractivity contribution in [2.24, 2.45) is 0 Å². The zero-order valence-electron chi connectivity index (χ0n) is 29.2. The van der Waals surface area contributed by atoms with Crippen molar-refractivity contribution in [2.75, 3.05) is 40.8 Å². The first-order valence-corrected chi connectivity index (χ1v) is 16.5. The first kappa shape index (κ1) is 37.4. The monoisotopic (exact) mass is 657 g/mol. The van der Waals surface area contributed by atoms with Crippen molar-refractivity contribution in [2.45, 2.75) is 107 Å². The number of amides is 1. The maximum Gasteiger partial charge on any atom is 0.240 e. The van der Waals surface area contributed by atoms with Gasteiger partial charge in [-0.2, -0.15) is 0 Å². The van der Waals surface area contributed by atoms with Crippen LogP contribution < -0.4 is 5.32 Å². The molecule has 11 heteroatoms. The van der Waals surface area contributed by atoms with Crippen molar-refractivity contribution in [1.82, 2.24) is 15.1 Å². The summed E-state index contributed by atoms with van der Waals surface area (Å²) < 4.78 is 12.2. The zero-order chi connectivity index (χ0) is 34.9. The predicted octanol–water partition coefficient (Wildman–Crippen LogP) is 1.42. The summed E-state index contributed by atoms with van der Waals surface area (Å²) in [6.45, 7) is 9.70. The Labute approximate surface area is 279 Å². The second-order valence-electron chi connectivity index (χ2n) is 14.6. The summed E-state index contributed by atoms with van der Waals surface area (Å²) in [5.41, 5.74) is 0.689. The number of nitrogens with one attached hydrogen (secondary N) is 1. The SMILES string of the molecule is Cc1ccc([C@]23OC[C@](C(C)(C)O)(O2)[C@@H](O)[C@H](O)[C@H]3O)cc1Cc1ccc(CCCC(O)N(C)C(C)(C)C(=O)NCCN(C)C)cc1. The normalized spacial score (nSPS) is 27.0. The molecule has 47 heavy (non-hydrogen) atoms. The number of carbonyl (C=O) groups is 1. The Hall–Kier alpha value is -2.45. The number of fused-ring (bicyclic) bond motifs is 2. The van der Waals surface area contributed by atoms with Gasteiger partial charge in [-0.3, -0.25) is 9.69 Å². The van der Waals surface area contributed by atoms with Gasteiger partial charge in [0.1, 0.15) is 24.5 Å². The number of aliphatic hydroxyl groups excluding tert-OH is 4. The van der Waals surface area contributed by atoms with Crippen LogP contribution in [0.15, 0.2) is 42.5 Å². The van der Waals surface area contributed by atoms with Crippen LogP contribution in [0.25, 0.3) is 0 Å². The van der Waals surface area contributed by atoms with E-state index in [9.17, 15) is 30.3 Å². The summed E-state index contributed by atoms with van der Waals surface area (Å²) in [5.74, 6) is -1.86. The lowest BCUT2D eigenvalue weighted by molar-refractivity contribution is -0.348. The van der Waals surface area contributed by atoms with E-state index >= 15 is 0 Å². The molecular weight excluding hydrogens is 602 g/mol. The Kier molecular flexibility index (Phi) is 11.3. The fraction of sp³-hybridized carbons (Fsp3) is 0.639. The summed E-state index contributed by atoms with van der Waals surface area (Å²) in [6, 6.07) is 13.9.